The van der Waals surface area contributed by atoms with E-state index in [1.807, 2.05) is 0 Å². The zero-order valence-electron chi connectivity index (χ0n) is 11.0. The van der Waals surface area contributed by atoms with Crippen LogP contribution in [0.4, 0.5) is 0 Å². The van der Waals surface area contributed by atoms with Crippen LogP contribution >= 0.6 is 23.5 Å². The number of Topliss-reactive ketones (excluding diaryl/α,β-unsaturated/α-hetero) is 1. The summed E-state index contributed by atoms with van der Waals surface area (Å²) in [4.78, 5) is 34.7. The molecule has 0 saturated carbocycles. The molecule has 0 unspecified atom stereocenters. The molecule has 1 aliphatic rings. The van der Waals surface area contributed by atoms with Crippen LogP contribution in [0, 0.1) is 5.92 Å². The van der Waals surface area contributed by atoms with E-state index in [1.165, 1.54) is 30.4 Å². The highest BCUT2D eigenvalue weighted by Gasteiger charge is 2.16. The molecule has 104 valence electrons. The van der Waals surface area contributed by atoms with Gasteiger partial charge in [0.2, 0.25) is 0 Å². The maximum atomic E-state index is 11.6. The lowest BCUT2D eigenvalue weighted by atomic mass is 9.92. The molecule has 0 N–H and O–H groups in total. The fourth-order valence-corrected chi connectivity index (χ4v) is 3.16. The van der Waals surface area contributed by atoms with Crippen LogP contribution in [0.1, 0.15) is 32.6 Å². The minimum atomic E-state index is -0.182. The number of ketones is 3. The van der Waals surface area contributed by atoms with Crippen molar-refractivity contribution in [3.8, 4) is 0 Å². The van der Waals surface area contributed by atoms with Gasteiger partial charge in [0.1, 0.15) is 5.78 Å². The van der Waals surface area contributed by atoms with Crippen molar-refractivity contribution in [3.63, 3.8) is 0 Å². The van der Waals surface area contributed by atoms with Gasteiger partial charge in [0, 0.05) is 23.8 Å². The first-order valence-corrected chi connectivity index (χ1v) is 8.31. The van der Waals surface area contributed by atoms with Crippen LogP contribution in [0.3, 0.4) is 0 Å². The molecular formula is C14H18O3S2. The Balaban J connectivity index is 2.65. The Labute approximate surface area is 122 Å². The van der Waals surface area contributed by atoms with Gasteiger partial charge in [-0.05, 0) is 42.7 Å². The molecule has 0 radical (unpaired) electrons. The van der Waals surface area contributed by atoms with E-state index in [1.54, 1.807) is 23.0 Å². The summed E-state index contributed by atoms with van der Waals surface area (Å²) in [7, 11) is 0. The smallest absolute Gasteiger partial charge is 0.156 e. The summed E-state index contributed by atoms with van der Waals surface area (Å²) in [6.45, 7) is 1.53. The Morgan fingerprint density at radius 2 is 1.53 bits per heavy atom. The second-order valence-corrected chi connectivity index (χ2v) is 6.53. The molecule has 1 aliphatic heterocycles. The molecule has 5 heteroatoms. The molecule has 0 spiro atoms. The monoisotopic (exact) mass is 298 g/mol. The fourth-order valence-electron chi connectivity index (χ4n) is 1.72. The van der Waals surface area contributed by atoms with Crippen molar-refractivity contribution >= 4 is 40.9 Å². The highest BCUT2D eigenvalue weighted by atomic mass is 32.2. The highest BCUT2D eigenvalue weighted by Crippen LogP contribution is 2.19. The van der Waals surface area contributed by atoms with Gasteiger partial charge >= 0.3 is 0 Å². The van der Waals surface area contributed by atoms with Crippen molar-refractivity contribution in [1.82, 2.24) is 0 Å². The van der Waals surface area contributed by atoms with Crippen LogP contribution in [-0.2, 0) is 14.4 Å². The van der Waals surface area contributed by atoms with Gasteiger partial charge in [0.05, 0.1) is 0 Å². The first-order chi connectivity index (χ1) is 9.09. The van der Waals surface area contributed by atoms with Gasteiger partial charge in [-0.2, -0.15) is 0 Å². The first-order valence-electron chi connectivity index (χ1n) is 6.22. The fraction of sp³-hybridized carbons (Fsp3) is 0.500. The zero-order valence-corrected chi connectivity index (χ0v) is 12.6. The molecule has 0 bridgehead atoms. The lowest BCUT2D eigenvalue weighted by Gasteiger charge is -2.11. The number of hydrogen-bond donors (Lipinski definition) is 0. The van der Waals surface area contributed by atoms with Crippen LogP contribution in [0.25, 0.3) is 0 Å². The van der Waals surface area contributed by atoms with E-state index in [0.29, 0.717) is 25.7 Å². The third-order valence-electron chi connectivity index (χ3n) is 2.89. The van der Waals surface area contributed by atoms with E-state index in [9.17, 15) is 14.4 Å². The summed E-state index contributed by atoms with van der Waals surface area (Å²) >= 11 is 3.05. The lowest BCUT2D eigenvalue weighted by molar-refractivity contribution is -0.121. The third kappa shape index (κ3) is 7.38. The quantitative estimate of drug-likeness (QED) is 0.743. The molecule has 0 aliphatic carbocycles. The van der Waals surface area contributed by atoms with Crippen molar-refractivity contribution in [3.05, 3.63) is 23.0 Å². The minimum absolute atomic E-state index is 0.0441. The van der Waals surface area contributed by atoms with Gasteiger partial charge < -0.3 is 0 Å². The Kier molecular flexibility index (Phi) is 7.82. The van der Waals surface area contributed by atoms with Crippen molar-refractivity contribution in [1.29, 1.82) is 0 Å². The zero-order chi connectivity index (χ0) is 14.1. The van der Waals surface area contributed by atoms with Gasteiger partial charge in [-0.15, -0.1) is 23.5 Å². The average molecular weight is 298 g/mol. The molecule has 0 aromatic rings. The van der Waals surface area contributed by atoms with Crippen LogP contribution in [0.15, 0.2) is 23.0 Å². The van der Waals surface area contributed by atoms with Crippen molar-refractivity contribution < 1.29 is 14.4 Å². The molecule has 0 aromatic carbocycles. The van der Waals surface area contributed by atoms with Crippen LogP contribution in [-0.4, -0.2) is 22.4 Å². The summed E-state index contributed by atoms with van der Waals surface area (Å²) in [6.07, 6.45) is 4.97. The molecule has 0 atom stereocenters. The van der Waals surface area contributed by atoms with E-state index in [2.05, 4.69) is 0 Å². The molecule has 0 aromatic heterocycles. The van der Waals surface area contributed by atoms with Crippen LogP contribution in [0.5, 0.6) is 0 Å². The van der Waals surface area contributed by atoms with Gasteiger partial charge in [0.25, 0.3) is 0 Å². The molecule has 0 fully saturated rings. The number of hydrogen-bond acceptors (Lipinski definition) is 5. The van der Waals surface area contributed by atoms with E-state index >= 15 is 0 Å². The Morgan fingerprint density at radius 3 is 1.95 bits per heavy atom. The summed E-state index contributed by atoms with van der Waals surface area (Å²) in [5.74, 6) is -0.0345. The predicted octanol–water partition coefficient (Wildman–Crippen LogP) is 3.36. The van der Waals surface area contributed by atoms with E-state index in [4.69, 9.17) is 0 Å². The normalized spacial score (nSPS) is 23.6. The second-order valence-electron chi connectivity index (χ2n) is 4.37. The van der Waals surface area contributed by atoms with Gasteiger partial charge in [-0.3, -0.25) is 14.4 Å². The summed E-state index contributed by atoms with van der Waals surface area (Å²) < 4.78 is 0. The molecular weight excluding hydrogens is 280 g/mol. The van der Waals surface area contributed by atoms with Crippen molar-refractivity contribution in [2.45, 2.75) is 32.6 Å². The standard InChI is InChI=1S/C14H18O3S2/c1-11(15)12-2-4-13(16)6-8-18-10-19-9-7-14(17)5-3-12/h6-9,12H,2-5,10H2,1H3/b8-6+,9-7+. The summed E-state index contributed by atoms with van der Waals surface area (Å²) in [6, 6.07) is 0. The molecule has 1 heterocycles. The maximum absolute atomic E-state index is 11.6. The Morgan fingerprint density at radius 1 is 1.05 bits per heavy atom. The number of carbonyl (C=O) groups excluding carboxylic acids is 3. The summed E-state index contributed by atoms with van der Waals surface area (Å²) in [5.41, 5.74) is 0. The van der Waals surface area contributed by atoms with Crippen molar-refractivity contribution in [2.24, 2.45) is 5.92 Å². The lowest BCUT2D eigenvalue weighted by Crippen LogP contribution is -2.14. The highest BCUT2D eigenvalue weighted by molar-refractivity contribution is 8.18. The van der Waals surface area contributed by atoms with Gasteiger partial charge in [-0.1, -0.05) is 0 Å². The topological polar surface area (TPSA) is 51.2 Å². The minimum Gasteiger partial charge on any atom is -0.300 e. The average Bonchev–Trinajstić information content (AvgIpc) is 2.36. The second kappa shape index (κ2) is 9.15. The van der Waals surface area contributed by atoms with Crippen LogP contribution < -0.4 is 0 Å². The molecule has 3 nitrogen and oxygen atoms in total. The maximum Gasteiger partial charge on any atom is 0.156 e. The molecule has 19 heavy (non-hydrogen) atoms. The van der Waals surface area contributed by atoms with Gasteiger partial charge in [0.15, 0.2) is 11.6 Å². The van der Waals surface area contributed by atoms with Crippen LogP contribution in [0.2, 0.25) is 0 Å². The number of rotatable bonds is 1. The number of allylic oxidation sites excluding steroid dienone is 2. The predicted molar refractivity (Wildman–Crippen MR) is 81.0 cm³/mol. The summed E-state index contributed by atoms with van der Waals surface area (Å²) in [5, 5.41) is 4.34. The van der Waals surface area contributed by atoms with E-state index in [0.717, 1.165) is 5.08 Å². The number of thioether (sulfide) groups is 2. The number of carbonyl (C=O) groups is 3. The third-order valence-corrected chi connectivity index (χ3v) is 4.64. The molecule has 1 rings (SSSR count). The molecule has 0 amide bonds. The molecule has 0 saturated heterocycles. The van der Waals surface area contributed by atoms with Gasteiger partial charge in [-0.25, -0.2) is 0 Å². The first kappa shape index (κ1) is 16.2. The van der Waals surface area contributed by atoms with E-state index < -0.39 is 0 Å². The Bertz CT molecular complexity index is 369. The largest absolute Gasteiger partial charge is 0.300 e. The SMILES string of the molecule is CC(=O)C1CCC(=O)/C=C/SCS/C=C/C(=O)CC1. The Hall–Kier alpha value is -0.810. The van der Waals surface area contributed by atoms with E-state index in [-0.39, 0.29) is 23.3 Å². The van der Waals surface area contributed by atoms with Crippen molar-refractivity contribution in [2.75, 3.05) is 5.08 Å².